The van der Waals surface area contributed by atoms with Crippen LogP contribution in [-0.4, -0.2) is 9.97 Å². The van der Waals surface area contributed by atoms with Crippen molar-refractivity contribution in [2.45, 2.75) is 0 Å². The van der Waals surface area contributed by atoms with Crippen LogP contribution in [0.1, 0.15) is 0 Å². The number of nitrogen functional groups attached to an aromatic ring is 1. The summed E-state index contributed by atoms with van der Waals surface area (Å²) in [5, 5.41) is 1.10. The van der Waals surface area contributed by atoms with Gasteiger partial charge in [-0.25, -0.2) is 4.98 Å². The average Bonchev–Trinajstić information content (AvgIpc) is 2.39. The van der Waals surface area contributed by atoms with Gasteiger partial charge < -0.3 is 5.73 Å². The fourth-order valence-corrected chi connectivity index (χ4v) is 1.97. The number of hydrogen-bond acceptors (Lipinski definition) is 3. The van der Waals surface area contributed by atoms with E-state index in [4.69, 9.17) is 5.73 Å². The minimum absolute atomic E-state index is 0.538. The molecule has 0 radical (unpaired) electrons. The summed E-state index contributed by atoms with van der Waals surface area (Å²) >= 11 is 0. The topological polar surface area (TPSA) is 51.8 Å². The Bertz CT molecular complexity index is 663. The second kappa shape index (κ2) is 3.87. The lowest BCUT2D eigenvalue weighted by molar-refractivity contribution is 1.33. The summed E-state index contributed by atoms with van der Waals surface area (Å²) < 4.78 is 0. The van der Waals surface area contributed by atoms with Crippen molar-refractivity contribution in [2.24, 2.45) is 0 Å². The van der Waals surface area contributed by atoms with Crippen molar-refractivity contribution in [1.29, 1.82) is 0 Å². The number of fused-ring (bicyclic) bond motifs is 1. The molecular weight excluding hydrogens is 210 g/mol. The smallest absolute Gasteiger partial charge is 0.124 e. The predicted molar refractivity (Wildman–Crippen MR) is 69.4 cm³/mol. The second-order valence-corrected chi connectivity index (χ2v) is 3.85. The van der Waals surface area contributed by atoms with E-state index in [2.05, 4.69) is 16.0 Å². The van der Waals surface area contributed by atoms with Crippen molar-refractivity contribution < 1.29 is 0 Å². The third-order valence-corrected chi connectivity index (χ3v) is 2.73. The summed E-state index contributed by atoms with van der Waals surface area (Å²) in [5.41, 5.74) is 8.95. The van der Waals surface area contributed by atoms with Gasteiger partial charge in [0.1, 0.15) is 5.82 Å². The lowest BCUT2D eigenvalue weighted by Crippen LogP contribution is -1.92. The van der Waals surface area contributed by atoms with Gasteiger partial charge in [-0.2, -0.15) is 0 Å². The Morgan fingerprint density at radius 2 is 1.71 bits per heavy atom. The SMILES string of the molecule is Nc1cc(-c2ccncc2)c2ccccc2n1. The van der Waals surface area contributed by atoms with Crippen molar-refractivity contribution in [3.8, 4) is 11.1 Å². The van der Waals surface area contributed by atoms with Crippen LogP contribution < -0.4 is 5.73 Å². The number of nitrogens with two attached hydrogens (primary N) is 1. The van der Waals surface area contributed by atoms with Crippen LogP contribution >= 0.6 is 0 Å². The Balaban J connectivity index is 2.36. The summed E-state index contributed by atoms with van der Waals surface area (Å²) in [4.78, 5) is 8.35. The molecule has 3 rings (SSSR count). The fraction of sp³-hybridized carbons (Fsp3) is 0. The molecule has 0 fully saturated rings. The van der Waals surface area contributed by atoms with E-state index < -0.39 is 0 Å². The predicted octanol–water partition coefficient (Wildman–Crippen LogP) is 2.88. The quantitative estimate of drug-likeness (QED) is 0.687. The summed E-state index contributed by atoms with van der Waals surface area (Å²) in [7, 11) is 0. The Morgan fingerprint density at radius 1 is 0.941 bits per heavy atom. The molecule has 0 aliphatic rings. The van der Waals surface area contributed by atoms with Gasteiger partial charge in [-0.1, -0.05) is 18.2 Å². The molecule has 3 aromatic rings. The Morgan fingerprint density at radius 3 is 2.53 bits per heavy atom. The van der Waals surface area contributed by atoms with Crippen molar-refractivity contribution in [1.82, 2.24) is 9.97 Å². The third-order valence-electron chi connectivity index (χ3n) is 2.73. The first-order valence-corrected chi connectivity index (χ1v) is 5.40. The molecule has 0 amide bonds. The normalized spacial score (nSPS) is 10.6. The lowest BCUT2D eigenvalue weighted by atomic mass is 10.0. The number of aromatic nitrogens is 2. The first kappa shape index (κ1) is 9.78. The molecule has 0 bridgehead atoms. The average molecular weight is 221 g/mol. The van der Waals surface area contributed by atoms with E-state index in [9.17, 15) is 0 Å². The summed E-state index contributed by atoms with van der Waals surface area (Å²) in [6, 6.07) is 13.8. The third kappa shape index (κ3) is 1.72. The molecule has 2 N–H and O–H groups in total. The number of rotatable bonds is 1. The summed E-state index contributed by atoms with van der Waals surface area (Å²) in [6.45, 7) is 0. The van der Waals surface area contributed by atoms with E-state index in [1.165, 1.54) is 0 Å². The van der Waals surface area contributed by atoms with Gasteiger partial charge in [-0.3, -0.25) is 4.98 Å². The minimum Gasteiger partial charge on any atom is -0.384 e. The number of hydrogen-bond donors (Lipinski definition) is 1. The molecule has 1 aromatic carbocycles. The monoisotopic (exact) mass is 221 g/mol. The van der Waals surface area contributed by atoms with Gasteiger partial charge in [0.25, 0.3) is 0 Å². The molecule has 0 spiro atoms. The first-order chi connectivity index (χ1) is 8.34. The number of benzene rings is 1. The molecule has 0 saturated carbocycles. The number of anilines is 1. The highest BCUT2D eigenvalue weighted by Gasteiger charge is 2.05. The summed E-state index contributed by atoms with van der Waals surface area (Å²) in [6.07, 6.45) is 3.56. The molecule has 0 aliphatic carbocycles. The van der Waals surface area contributed by atoms with Crippen LogP contribution in [0.5, 0.6) is 0 Å². The van der Waals surface area contributed by atoms with Crippen LogP contribution in [-0.2, 0) is 0 Å². The van der Waals surface area contributed by atoms with Gasteiger partial charge in [-0.15, -0.1) is 0 Å². The van der Waals surface area contributed by atoms with Crippen molar-refractivity contribution in [3.05, 3.63) is 54.9 Å². The number of para-hydroxylation sites is 1. The molecule has 82 valence electrons. The van der Waals surface area contributed by atoms with Crippen molar-refractivity contribution in [2.75, 3.05) is 5.73 Å². The maximum Gasteiger partial charge on any atom is 0.124 e. The zero-order valence-corrected chi connectivity index (χ0v) is 9.17. The van der Waals surface area contributed by atoms with Crippen LogP contribution in [0.4, 0.5) is 5.82 Å². The maximum absolute atomic E-state index is 5.84. The van der Waals surface area contributed by atoms with E-state index in [0.29, 0.717) is 5.82 Å². The van der Waals surface area contributed by atoms with E-state index in [1.807, 2.05) is 36.4 Å². The zero-order valence-electron chi connectivity index (χ0n) is 9.17. The van der Waals surface area contributed by atoms with Crippen LogP contribution in [0.15, 0.2) is 54.9 Å². The van der Waals surface area contributed by atoms with Gasteiger partial charge in [-0.05, 0) is 35.4 Å². The highest BCUT2D eigenvalue weighted by molar-refractivity contribution is 5.95. The Kier molecular flexibility index (Phi) is 2.22. The molecule has 0 atom stereocenters. The molecule has 17 heavy (non-hydrogen) atoms. The van der Waals surface area contributed by atoms with Gasteiger partial charge in [0, 0.05) is 17.8 Å². The van der Waals surface area contributed by atoms with Crippen LogP contribution in [0, 0.1) is 0 Å². The minimum atomic E-state index is 0.538. The highest BCUT2D eigenvalue weighted by atomic mass is 14.8. The van der Waals surface area contributed by atoms with E-state index in [-0.39, 0.29) is 0 Å². The zero-order chi connectivity index (χ0) is 11.7. The molecule has 3 nitrogen and oxygen atoms in total. The van der Waals surface area contributed by atoms with Crippen molar-refractivity contribution >= 4 is 16.7 Å². The van der Waals surface area contributed by atoms with Crippen molar-refractivity contribution in [3.63, 3.8) is 0 Å². The molecule has 0 saturated heterocycles. The van der Waals surface area contributed by atoms with Gasteiger partial charge in [0.05, 0.1) is 5.52 Å². The standard InChI is InChI=1S/C14H11N3/c15-14-9-12(10-5-7-16-8-6-10)11-3-1-2-4-13(11)17-14/h1-9H,(H2,15,17). The van der Waals surface area contributed by atoms with E-state index >= 15 is 0 Å². The highest BCUT2D eigenvalue weighted by Crippen LogP contribution is 2.28. The number of nitrogens with zero attached hydrogens (tertiary/aromatic N) is 2. The van der Waals surface area contributed by atoms with E-state index in [1.54, 1.807) is 12.4 Å². The lowest BCUT2D eigenvalue weighted by Gasteiger charge is -2.07. The Hall–Kier alpha value is -2.42. The van der Waals surface area contributed by atoms with Crippen LogP contribution in [0.2, 0.25) is 0 Å². The molecule has 0 aliphatic heterocycles. The molecule has 3 heteroatoms. The molecule has 0 unspecified atom stereocenters. The maximum atomic E-state index is 5.84. The Labute approximate surface area is 98.9 Å². The molecule has 2 heterocycles. The van der Waals surface area contributed by atoms with Gasteiger partial charge in [0.2, 0.25) is 0 Å². The van der Waals surface area contributed by atoms with Gasteiger partial charge in [0.15, 0.2) is 0 Å². The van der Waals surface area contributed by atoms with E-state index in [0.717, 1.165) is 22.0 Å². The fourth-order valence-electron chi connectivity index (χ4n) is 1.97. The largest absolute Gasteiger partial charge is 0.384 e. The second-order valence-electron chi connectivity index (χ2n) is 3.85. The number of pyridine rings is 2. The molecule has 2 aromatic heterocycles. The van der Waals surface area contributed by atoms with Crippen LogP contribution in [0.25, 0.3) is 22.0 Å². The first-order valence-electron chi connectivity index (χ1n) is 5.40. The van der Waals surface area contributed by atoms with Gasteiger partial charge >= 0.3 is 0 Å². The molecular formula is C14H11N3. The summed E-state index contributed by atoms with van der Waals surface area (Å²) in [5.74, 6) is 0.538. The van der Waals surface area contributed by atoms with Crippen LogP contribution in [0.3, 0.4) is 0 Å².